The van der Waals surface area contributed by atoms with E-state index in [4.69, 9.17) is 4.84 Å². The molecule has 3 nitrogen and oxygen atoms in total. The molecule has 1 fully saturated rings. The zero-order valence-electron chi connectivity index (χ0n) is 7.45. The van der Waals surface area contributed by atoms with E-state index in [1.165, 1.54) is 12.2 Å². The lowest BCUT2D eigenvalue weighted by Gasteiger charge is -2.24. The van der Waals surface area contributed by atoms with Crippen LogP contribution in [0.25, 0.3) is 0 Å². The number of amides is 1. The average molecular weight is 169 g/mol. The van der Waals surface area contributed by atoms with Gasteiger partial charge in [0.1, 0.15) is 0 Å². The number of carbonyl (C=O) groups excluding carboxylic acids is 1. The van der Waals surface area contributed by atoms with Gasteiger partial charge in [0.15, 0.2) is 0 Å². The van der Waals surface area contributed by atoms with Crippen molar-refractivity contribution in [2.24, 2.45) is 0 Å². The molecule has 0 N–H and O–H groups in total. The van der Waals surface area contributed by atoms with E-state index in [0.29, 0.717) is 6.42 Å². The van der Waals surface area contributed by atoms with Gasteiger partial charge >= 0.3 is 0 Å². The van der Waals surface area contributed by atoms with Gasteiger partial charge in [-0.1, -0.05) is 12.5 Å². The number of carbonyl (C=O) groups is 1. The zero-order chi connectivity index (χ0) is 8.97. The van der Waals surface area contributed by atoms with Crippen LogP contribution in [0.5, 0.6) is 0 Å². The smallest absolute Gasteiger partial charge is 0.246 e. The molecular weight excluding hydrogens is 154 g/mol. The number of hydrogen-bond acceptors (Lipinski definition) is 2. The monoisotopic (exact) mass is 169 g/mol. The molecule has 1 rings (SSSR count). The maximum Gasteiger partial charge on any atom is 0.246 e. The Kier molecular flexibility index (Phi) is 3.29. The molecule has 12 heavy (non-hydrogen) atoms. The Morgan fingerprint density at radius 3 is 3.00 bits per heavy atom. The predicted molar refractivity (Wildman–Crippen MR) is 46.3 cm³/mol. The molecule has 0 aromatic heterocycles. The van der Waals surface area contributed by atoms with Gasteiger partial charge in [0.25, 0.3) is 0 Å². The van der Waals surface area contributed by atoms with Gasteiger partial charge in [-0.3, -0.25) is 9.63 Å². The van der Waals surface area contributed by atoms with Crippen molar-refractivity contribution in [3.63, 3.8) is 0 Å². The van der Waals surface area contributed by atoms with E-state index in [9.17, 15) is 4.79 Å². The number of hydroxylamine groups is 2. The van der Waals surface area contributed by atoms with Crippen molar-refractivity contribution in [3.05, 3.63) is 12.7 Å². The minimum Gasteiger partial charge on any atom is -0.274 e. The third-order valence-electron chi connectivity index (χ3n) is 2.16. The molecule has 1 aliphatic rings. The zero-order valence-corrected chi connectivity index (χ0v) is 7.45. The van der Waals surface area contributed by atoms with Crippen LogP contribution < -0.4 is 0 Å². The summed E-state index contributed by atoms with van der Waals surface area (Å²) in [6.45, 7) is 3.68. The molecule has 0 aliphatic carbocycles. The summed E-state index contributed by atoms with van der Waals surface area (Å²) in [5.41, 5.74) is 0. The van der Waals surface area contributed by atoms with Gasteiger partial charge in [0.05, 0.1) is 13.2 Å². The van der Waals surface area contributed by atoms with Crippen molar-refractivity contribution in [1.82, 2.24) is 5.06 Å². The molecule has 1 saturated heterocycles. The first-order valence-corrected chi connectivity index (χ1v) is 4.28. The van der Waals surface area contributed by atoms with E-state index in [2.05, 4.69) is 6.58 Å². The van der Waals surface area contributed by atoms with E-state index >= 15 is 0 Å². The second-order valence-corrected chi connectivity index (χ2v) is 2.95. The first-order chi connectivity index (χ1) is 5.79. The van der Waals surface area contributed by atoms with Crippen LogP contribution in [0.15, 0.2) is 12.7 Å². The largest absolute Gasteiger partial charge is 0.274 e. The second-order valence-electron chi connectivity index (χ2n) is 2.95. The molecule has 0 aromatic carbocycles. The molecule has 0 spiro atoms. The Morgan fingerprint density at radius 1 is 1.67 bits per heavy atom. The third-order valence-corrected chi connectivity index (χ3v) is 2.16. The van der Waals surface area contributed by atoms with Crippen LogP contribution in [-0.2, 0) is 9.63 Å². The molecule has 3 heteroatoms. The van der Waals surface area contributed by atoms with E-state index in [0.717, 1.165) is 19.3 Å². The van der Waals surface area contributed by atoms with Gasteiger partial charge in [-0.15, -0.1) is 6.58 Å². The fourth-order valence-corrected chi connectivity index (χ4v) is 1.49. The van der Waals surface area contributed by atoms with Crippen LogP contribution in [0.2, 0.25) is 0 Å². The van der Waals surface area contributed by atoms with Crippen LogP contribution in [0.1, 0.15) is 25.7 Å². The lowest BCUT2D eigenvalue weighted by atomic mass is 10.1. The first kappa shape index (κ1) is 9.26. The number of hydrogen-bond donors (Lipinski definition) is 0. The summed E-state index contributed by atoms with van der Waals surface area (Å²) in [6.07, 6.45) is 5.36. The van der Waals surface area contributed by atoms with Gasteiger partial charge in [-0.25, -0.2) is 5.06 Å². The van der Waals surface area contributed by atoms with Gasteiger partial charge < -0.3 is 0 Å². The second kappa shape index (κ2) is 4.26. The van der Waals surface area contributed by atoms with Crippen molar-refractivity contribution in [2.45, 2.75) is 31.7 Å². The Bertz CT molecular complexity index is 179. The molecule has 1 unspecified atom stereocenters. The Balaban J connectivity index is 2.68. The molecular formula is C9H15NO2. The normalized spacial score (nSPS) is 25.2. The summed E-state index contributed by atoms with van der Waals surface area (Å²) in [6, 6.07) is 0.0602. The molecule has 1 heterocycles. The molecule has 68 valence electrons. The molecule has 1 atom stereocenters. The minimum absolute atomic E-state index is 0.0602. The van der Waals surface area contributed by atoms with Crippen LogP contribution in [0, 0.1) is 0 Å². The number of rotatable bonds is 2. The maximum absolute atomic E-state index is 11.4. The van der Waals surface area contributed by atoms with E-state index in [1.807, 2.05) is 0 Å². The third kappa shape index (κ3) is 1.85. The summed E-state index contributed by atoms with van der Waals surface area (Å²) in [5.74, 6) is 0.0694. The van der Waals surface area contributed by atoms with Crippen molar-refractivity contribution < 1.29 is 9.63 Å². The Morgan fingerprint density at radius 2 is 2.42 bits per heavy atom. The standard InChI is InChI=1S/C9H15NO2/c1-3-8-6-4-5-7-9(11)10(8)12-2/h3,8H,1,4-7H2,2H3. The SMILES string of the molecule is C=CC1CCCCC(=O)N1OC. The quantitative estimate of drug-likeness (QED) is 0.586. The molecule has 0 radical (unpaired) electrons. The van der Waals surface area contributed by atoms with Crippen molar-refractivity contribution >= 4 is 5.91 Å². The van der Waals surface area contributed by atoms with Crippen LogP contribution in [0.4, 0.5) is 0 Å². The topological polar surface area (TPSA) is 29.5 Å². The van der Waals surface area contributed by atoms with Gasteiger partial charge in [0.2, 0.25) is 5.91 Å². The average Bonchev–Trinajstić information content (AvgIpc) is 2.26. The lowest BCUT2D eigenvalue weighted by Crippen LogP contribution is -2.36. The lowest BCUT2D eigenvalue weighted by molar-refractivity contribution is -0.182. The Labute approximate surface area is 73.0 Å². The van der Waals surface area contributed by atoms with Crippen LogP contribution in [0.3, 0.4) is 0 Å². The Hall–Kier alpha value is -0.830. The summed E-state index contributed by atoms with van der Waals surface area (Å²) >= 11 is 0. The summed E-state index contributed by atoms with van der Waals surface area (Å²) in [5, 5.41) is 1.43. The molecule has 0 bridgehead atoms. The molecule has 1 amide bonds. The highest BCUT2D eigenvalue weighted by Gasteiger charge is 2.23. The summed E-state index contributed by atoms with van der Waals surface area (Å²) < 4.78 is 0. The summed E-state index contributed by atoms with van der Waals surface area (Å²) in [4.78, 5) is 16.4. The molecule has 1 aliphatic heterocycles. The summed E-state index contributed by atoms with van der Waals surface area (Å²) in [7, 11) is 1.53. The van der Waals surface area contributed by atoms with E-state index < -0.39 is 0 Å². The van der Waals surface area contributed by atoms with Crippen molar-refractivity contribution in [1.29, 1.82) is 0 Å². The van der Waals surface area contributed by atoms with Crippen LogP contribution in [-0.4, -0.2) is 24.1 Å². The van der Waals surface area contributed by atoms with E-state index in [1.54, 1.807) is 6.08 Å². The molecule has 0 aromatic rings. The van der Waals surface area contributed by atoms with Gasteiger partial charge in [0, 0.05) is 6.42 Å². The predicted octanol–water partition coefficient (Wildman–Crippen LogP) is 1.50. The fraction of sp³-hybridized carbons (Fsp3) is 0.667. The maximum atomic E-state index is 11.4. The first-order valence-electron chi connectivity index (χ1n) is 4.28. The highest BCUT2D eigenvalue weighted by atomic mass is 16.7. The van der Waals surface area contributed by atoms with Gasteiger partial charge in [-0.2, -0.15) is 0 Å². The highest BCUT2D eigenvalue weighted by molar-refractivity contribution is 5.75. The highest BCUT2D eigenvalue weighted by Crippen LogP contribution is 2.18. The van der Waals surface area contributed by atoms with E-state index in [-0.39, 0.29) is 11.9 Å². The fourth-order valence-electron chi connectivity index (χ4n) is 1.49. The van der Waals surface area contributed by atoms with Crippen LogP contribution >= 0.6 is 0 Å². The minimum atomic E-state index is 0.0602. The van der Waals surface area contributed by atoms with Crippen molar-refractivity contribution in [3.8, 4) is 0 Å². The number of nitrogens with zero attached hydrogens (tertiary/aromatic N) is 1. The van der Waals surface area contributed by atoms with Crippen molar-refractivity contribution in [2.75, 3.05) is 7.11 Å². The van der Waals surface area contributed by atoms with Gasteiger partial charge in [-0.05, 0) is 12.8 Å². The molecule has 0 saturated carbocycles.